The van der Waals surface area contributed by atoms with Crippen LogP contribution in [0, 0.1) is 5.82 Å². The van der Waals surface area contributed by atoms with E-state index in [-0.39, 0.29) is 34.5 Å². The molecule has 0 spiro atoms. The Labute approximate surface area is 231 Å². The molecule has 39 heavy (non-hydrogen) atoms. The van der Waals surface area contributed by atoms with Crippen LogP contribution >= 0.6 is 11.6 Å². The minimum absolute atomic E-state index is 0.0311. The highest BCUT2D eigenvalue weighted by atomic mass is 35.5. The lowest BCUT2D eigenvalue weighted by Gasteiger charge is -2.35. The summed E-state index contributed by atoms with van der Waals surface area (Å²) in [5, 5.41) is 8.82. The maximum atomic E-state index is 15.4. The van der Waals surface area contributed by atoms with Gasteiger partial charge in [-0.2, -0.15) is 0 Å². The maximum absolute atomic E-state index is 15.4. The van der Waals surface area contributed by atoms with Gasteiger partial charge in [-0.3, -0.25) is 0 Å². The Kier molecular flexibility index (Phi) is 7.25. The van der Waals surface area contributed by atoms with Crippen LogP contribution in [0.5, 0.6) is 0 Å². The summed E-state index contributed by atoms with van der Waals surface area (Å²) in [5.41, 5.74) is 6.71. The van der Waals surface area contributed by atoms with Crippen LogP contribution in [0.25, 0.3) is 11.5 Å². The fourth-order valence-corrected chi connectivity index (χ4v) is 7.68. The Balaban J connectivity index is 1.51. The van der Waals surface area contributed by atoms with Crippen molar-refractivity contribution >= 4 is 37.1 Å². The molecule has 0 aliphatic carbocycles. The van der Waals surface area contributed by atoms with E-state index >= 15 is 4.39 Å². The van der Waals surface area contributed by atoms with Gasteiger partial charge in [-0.1, -0.05) is 30.7 Å². The molecule has 1 aromatic heterocycles. The highest BCUT2D eigenvalue weighted by Gasteiger charge is 2.39. The number of hydrogen-bond acceptors (Lipinski definition) is 9. The molecule has 14 heteroatoms. The number of hydrogen-bond donors (Lipinski definition) is 1. The molecule has 10 nitrogen and oxygen atoms in total. The number of nitrogens with two attached hydrogens (primary N) is 1. The molecule has 0 bridgehead atoms. The number of piperidine rings is 1. The van der Waals surface area contributed by atoms with Crippen LogP contribution in [-0.2, 0) is 31.8 Å². The van der Waals surface area contributed by atoms with Gasteiger partial charge in [0.15, 0.2) is 9.84 Å². The van der Waals surface area contributed by atoms with Crippen LogP contribution in [0.4, 0.5) is 10.1 Å². The van der Waals surface area contributed by atoms with Crippen LogP contribution in [0.15, 0.2) is 45.7 Å². The second kappa shape index (κ2) is 10.1. The van der Waals surface area contributed by atoms with Crippen molar-refractivity contribution in [2.75, 3.05) is 36.5 Å². The summed E-state index contributed by atoms with van der Waals surface area (Å²) in [6, 6.07) is 8.86. The van der Waals surface area contributed by atoms with E-state index < -0.39 is 37.1 Å². The lowest BCUT2D eigenvalue weighted by atomic mass is 9.81. The first-order chi connectivity index (χ1) is 18.2. The van der Waals surface area contributed by atoms with E-state index in [9.17, 15) is 16.8 Å². The summed E-state index contributed by atoms with van der Waals surface area (Å²) in [6.45, 7) is 3.06. The zero-order valence-corrected chi connectivity index (χ0v) is 23.9. The summed E-state index contributed by atoms with van der Waals surface area (Å²) in [5.74, 6) is -0.947. The van der Waals surface area contributed by atoms with Crippen molar-refractivity contribution in [3.8, 4) is 11.5 Å². The maximum Gasteiger partial charge on any atom is 0.250 e. The number of anilines is 1. The van der Waals surface area contributed by atoms with E-state index in [0.29, 0.717) is 43.2 Å². The smallest absolute Gasteiger partial charge is 0.250 e. The van der Waals surface area contributed by atoms with Crippen molar-refractivity contribution in [2.45, 2.75) is 42.7 Å². The Bertz CT molecular complexity index is 1600. The molecule has 2 aliphatic heterocycles. The normalized spacial score (nSPS) is 21.4. The fraction of sp³-hybridized carbons (Fsp3) is 0.440. The molecule has 3 heterocycles. The van der Waals surface area contributed by atoms with E-state index in [1.165, 1.54) is 16.6 Å². The molecule has 0 unspecified atom stereocenters. The van der Waals surface area contributed by atoms with Gasteiger partial charge in [-0.15, -0.1) is 10.2 Å². The van der Waals surface area contributed by atoms with Crippen LogP contribution in [0.2, 0.25) is 5.02 Å². The average molecular weight is 598 g/mol. The number of sulfonamides is 1. The number of aromatic nitrogens is 2. The summed E-state index contributed by atoms with van der Waals surface area (Å²) >= 11 is 6.02. The molecular weight excluding hydrogens is 569 g/mol. The largest absolute Gasteiger partial charge is 0.420 e. The van der Waals surface area contributed by atoms with Crippen LogP contribution in [0.1, 0.15) is 31.2 Å². The van der Waals surface area contributed by atoms with Crippen molar-refractivity contribution in [1.82, 2.24) is 14.5 Å². The monoisotopic (exact) mass is 597 g/mol. The Hall–Kier alpha value is -2.58. The predicted molar refractivity (Wildman–Crippen MR) is 145 cm³/mol. The SMILES string of the molecule is CC1(c2nnc(-c3cc4c(cc3F)S(=O)(=O)C[C@H](N)CN4Cc3ccc(Cl)cc3)o2)CCN(S(C)(=O)=O)CC1. The molecule has 2 aliphatic rings. The molecule has 0 saturated carbocycles. The standard InChI is InChI=1S/C25H29ClFN5O5S2/c1-25(7-9-32(10-8-25)38(2,33)34)24-30-29-23(37-24)19-11-21-22(12-20(19)27)39(35,36)15-18(28)14-31(21)13-16-3-5-17(26)6-4-16/h3-6,11-12,18H,7-10,13-15,28H2,1-2H3/t18-/m1/s1. The van der Waals surface area contributed by atoms with Gasteiger partial charge in [0.2, 0.25) is 15.9 Å². The molecule has 1 fully saturated rings. The first-order valence-electron chi connectivity index (χ1n) is 12.4. The number of rotatable bonds is 5. The van der Waals surface area contributed by atoms with Crippen molar-refractivity contribution in [3.63, 3.8) is 0 Å². The zero-order chi connectivity index (χ0) is 28.2. The Morgan fingerprint density at radius 2 is 1.85 bits per heavy atom. The molecule has 1 atom stereocenters. The minimum Gasteiger partial charge on any atom is -0.420 e. The van der Waals surface area contributed by atoms with Gasteiger partial charge in [-0.05, 0) is 42.7 Å². The molecule has 2 N–H and O–H groups in total. The number of sulfone groups is 1. The van der Waals surface area contributed by atoms with Crippen LogP contribution in [-0.4, -0.2) is 69.0 Å². The van der Waals surface area contributed by atoms with Gasteiger partial charge in [0.1, 0.15) is 5.82 Å². The third kappa shape index (κ3) is 5.68. The quantitative estimate of drug-likeness (QED) is 0.470. The third-order valence-electron chi connectivity index (χ3n) is 7.37. The number of halogens is 2. The lowest BCUT2D eigenvalue weighted by Crippen LogP contribution is -2.43. The van der Waals surface area contributed by atoms with E-state index in [4.69, 9.17) is 21.8 Å². The highest BCUT2D eigenvalue weighted by molar-refractivity contribution is 7.91. The van der Waals surface area contributed by atoms with Gasteiger partial charge in [0, 0.05) is 42.7 Å². The van der Waals surface area contributed by atoms with Crippen LogP contribution in [0.3, 0.4) is 0 Å². The summed E-state index contributed by atoms with van der Waals surface area (Å²) < 4.78 is 72.8. The first kappa shape index (κ1) is 28.0. The van der Waals surface area contributed by atoms with E-state index in [2.05, 4.69) is 10.2 Å². The first-order valence-corrected chi connectivity index (χ1v) is 16.2. The number of fused-ring (bicyclic) bond motifs is 1. The topological polar surface area (TPSA) is 140 Å². The molecule has 5 rings (SSSR count). The Morgan fingerprint density at radius 3 is 2.49 bits per heavy atom. The summed E-state index contributed by atoms with van der Waals surface area (Å²) in [6.07, 6.45) is 2.09. The fourth-order valence-electron chi connectivity index (χ4n) is 5.07. The second-order valence-corrected chi connectivity index (χ2v) is 14.9. The molecular formula is C25H29ClFN5O5S2. The average Bonchev–Trinajstić information content (AvgIpc) is 3.32. The molecule has 0 radical (unpaired) electrons. The van der Waals surface area contributed by atoms with Crippen molar-refractivity contribution in [1.29, 1.82) is 0 Å². The molecule has 0 amide bonds. The lowest BCUT2D eigenvalue weighted by molar-refractivity contribution is 0.214. The predicted octanol–water partition coefficient (Wildman–Crippen LogP) is 2.96. The zero-order valence-electron chi connectivity index (χ0n) is 21.5. The summed E-state index contributed by atoms with van der Waals surface area (Å²) in [4.78, 5) is 1.65. The number of benzene rings is 2. The van der Waals surface area contributed by atoms with Crippen molar-refractivity contribution < 1.29 is 25.6 Å². The third-order valence-corrected chi connectivity index (χ3v) is 10.8. The molecule has 3 aromatic rings. The van der Waals surface area contributed by atoms with Gasteiger partial charge in [-0.25, -0.2) is 25.5 Å². The molecule has 2 aromatic carbocycles. The Morgan fingerprint density at radius 1 is 1.18 bits per heavy atom. The van der Waals surface area contributed by atoms with Gasteiger partial charge in [0.25, 0.3) is 5.89 Å². The van der Waals surface area contributed by atoms with E-state index in [0.717, 1.165) is 11.6 Å². The molecule has 210 valence electrons. The van der Waals surface area contributed by atoms with Gasteiger partial charge in [0.05, 0.1) is 28.2 Å². The second-order valence-electron chi connectivity index (χ2n) is 10.5. The molecule has 1 saturated heterocycles. The van der Waals surface area contributed by atoms with Gasteiger partial charge < -0.3 is 15.1 Å². The van der Waals surface area contributed by atoms with Crippen molar-refractivity contribution in [2.24, 2.45) is 5.73 Å². The van der Waals surface area contributed by atoms with E-state index in [1.807, 2.05) is 19.1 Å². The van der Waals surface area contributed by atoms with Crippen LogP contribution < -0.4 is 10.6 Å². The van der Waals surface area contributed by atoms with Crippen molar-refractivity contribution in [3.05, 3.63) is 58.7 Å². The van der Waals surface area contributed by atoms with E-state index in [1.54, 1.807) is 17.0 Å². The number of nitrogens with zero attached hydrogens (tertiary/aromatic N) is 4. The minimum atomic E-state index is -3.87. The van der Waals surface area contributed by atoms with Gasteiger partial charge >= 0.3 is 0 Å². The highest BCUT2D eigenvalue weighted by Crippen LogP contribution is 2.39. The summed E-state index contributed by atoms with van der Waals surface area (Å²) in [7, 11) is -7.18.